The Bertz CT molecular complexity index is 665. The number of amides is 2. The minimum atomic E-state index is 0.0953. The lowest BCUT2D eigenvalue weighted by Crippen LogP contribution is -2.41. The van der Waals surface area contributed by atoms with E-state index in [0.717, 1.165) is 64.0 Å². The van der Waals surface area contributed by atoms with E-state index in [1.165, 1.54) is 5.56 Å². The van der Waals surface area contributed by atoms with Crippen LogP contribution in [0.25, 0.3) is 0 Å². The Morgan fingerprint density at radius 1 is 1.11 bits per heavy atom. The summed E-state index contributed by atoms with van der Waals surface area (Å²) in [6.45, 7) is 5.88. The molecule has 0 bridgehead atoms. The van der Waals surface area contributed by atoms with Crippen LogP contribution in [0.4, 0.5) is 5.69 Å². The van der Waals surface area contributed by atoms with Crippen molar-refractivity contribution in [2.75, 3.05) is 38.5 Å². The van der Waals surface area contributed by atoms with Crippen LogP contribution in [-0.4, -0.2) is 54.8 Å². The molecule has 0 aromatic heterocycles. The first kappa shape index (κ1) is 19.9. The number of piperidine rings is 1. The number of rotatable bonds is 5. The molecule has 0 radical (unpaired) electrons. The van der Waals surface area contributed by atoms with E-state index >= 15 is 0 Å². The number of nitrogens with one attached hydrogen (secondary N) is 1. The van der Waals surface area contributed by atoms with E-state index in [0.29, 0.717) is 24.2 Å². The molecular weight excluding hydrogens is 338 g/mol. The molecule has 1 spiro atoms. The molecular formula is C22H33N3O2. The topological polar surface area (TPSA) is 52.7 Å². The van der Waals surface area contributed by atoms with Crippen molar-refractivity contribution in [1.29, 1.82) is 0 Å². The molecule has 3 rings (SSSR count). The number of anilines is 1. The fraction of sp³-hybridized carbons (Fsp3) is 0.636. The van der Waals surface area contributed by atoms with Crippen LogP contribution >= 0.6 is 0 Å². The molecule has 0 atom stereocenters. The van der Waals surface area contributed by atoms with E-state index in [4.69, 9.17) is 0 Å². The van der Waals surface area contributed by atoms with Crippen molar-refractivity contribution in [2.45, 2.75) is 51.9 Å². The van der Waals surface area contributed by atoms with Gasteiger partial charge < -0.3 is 15.1 Å². The highest BCUT2D eigenvalue weighted by Gasteiger charge is 2.37. The summed E-state index contributed by atoms with van der Waals surface area (Å²) < 4.78 is 0. The monoisotopic (exact) mass is 371 g/mol. The van der Waals surface area contributed by atoms with Crippen LogP contribution in [0.3, 0.4) is 0 Å². The van der Waals surface area contributed by atoms with Crippen molar-refractivity contribution >= 4 is 17.5 Å². The molecule has 2 aliphatic rings. The van der Waals surface area contributed by atoms with E-state index in [1.807, 2.05) is 30.1 Å². The van der Waals surface area contributed by atoms with Gasteiger partial charge in [0.15, 0.2) is 0 Å². The van der Waals surface area contributed by atoms with Crippen LogP contribution in [0.5, 0.6) is 0 Å². The SMILES string of the molecule is CCc1ccccc1NC(=O)CCN1CCC2(CCC(=O)N(C)CC2)CC1. The van der Waals surface area contributed by atoms with Gasteiger partial charge in [0.2, 0.25) is 11.8 Å². The molecule has 2 fully saturated rings. The predicted molar refractivity (Wildman–Crippen MR) is 109 cm³/mol. The molecule has 5 nitrogen and oxygen atoms in total. The summed E-state index contributed by atoms with van der Waals surface area (Å²) in [7, 11) is 1.92. The van der Waals surface area contributed by atoms with Gasteiger partial charge in [-0.25, -0.2) is 0 Å². The minimum absolute atomic E-state index is 0.0953. The Hall–Kier alpha value is -1.88. The third kappa shape index (κ3) is 5.10. The second-order valence-electron chi connectivity index (χ2n) is 8.22. The van der Waals surface area contributed by atoms with Crippen LogP contribution in [0.2, 0.25) is 0 Å². The maximum atomic E-state index is 12.4. The zero-order valence-corrected chi connectivity index (χ0v) is 16.8. The fourth-order valence-corrected chi connectivity index (χ4v) is 4.39. The third-order valence-corrected chi connectivity index (χ3v) is 6.52. The van der Waals surface area contributed by atoms with E-state index in [2.05, 4.69) is 23.2 Å². The van der Waals surface area contributed by atoms with Gasteiger partial charge in [0.1, 0.15) is 0 Å². The van der Waals surface area contributed by atoms with Gasteiger partial charge in [-0.15, -0.1) is 0 Å². The molecule has 27 heavy (non-hydrogen) atoms. The van der Waals surface area contributed by atoms with Gasteiger partial charge in [-0.3, -0.25) is 9.59 Å². The zero-order chi connectivity index (χ0) is 19.3. The summed E-state index contributed by atoms with van der Waals surface area (Å²) in [5.41, 5.74) is 2.45. The van der Waals surface area contributed by atoms with E-state index < -0.39 is 0 Å². The highest BCUT2D eigenvalue weighted by Crippen LogP contribution is 2.41. The molecule has 0 unspecified atom stereocenters. The standard InChI is InChI=1S/C22H33N3O2/c1-3-18-6-4-5-7-19(18)23-20(26)9-14-25-16-12-22(13-17-25)10-8-21(27)24(2)15-11-22/h4-7H,3,8-17H2,1-2H3,(H,23,26). The Balaban J connectivity index is 1.44. The number of carbonyl (C=O) groups excluding carboxylic acids is 2. The minimum Gasteiger partial charge on any atom is -0.346 e. The number of hydrogen-bond acceptors (Lipinski definition) is 3. The Morgan fingerprint density at radius 3 is 2.56 bits per heavy atom. The summed E-state index contributed by atoms with van der Waals surface area (Å²) >= 11 is 0. The lowest BCUT2D eigenvalue weighted by atomic mass is 9.73. The Morgan fingerprint density at radius 2 is 1.81 bits per heavy atom. The second-order valence-corrected chi connectivity index (χ2v) is 8.22. The number of para-hydroxylation sites is 1. The lowest BCUT2D eigenvalue weighted by Gasteiger charge is -2.41. The Labute approximate surface area is 163 Å². The average Bonchev–Trinajstić information content (AvgIpc) is 2.82. The molecule has 1 aromatic carbocycles. The number of aryl methyl sites for hydroxylation is 1. The second kappa shape index (κ2) is 8.87. The molecule has 2 heterocycles. The van der Waals surface area contributed by atoms with Gasteiger partial charge >= 0.3 is 0 Å². The molecule has 0 aliphatic carbocycles. The number of likely N-dealkylation sites (tertiary alicyclic amines) is 2. The van der Waals surface area contributed by atoms with Crippen LogP contribution in [0, 0.1) is 5.41 Å². The molecule has 2 amide bonds. The summed E-state index contributed by atoms with van der Waals surface area (Å²) in [5, 5.41) is 3.07. The first-order chi connectivity index (χ1) is 13.0. The van der Waals surface area contributed by atoms with E-state index in [9.17, 15) is 9.59 Å². The van der Waals surface area contributed by atoms with E-state index in [-0.39, 0.29) is 5.91 Å². The largest absolute Gasteiger partial charge is 0.346 e. The van der Waals surface area contributed by atoms with Gasteiger partial charge in [-0.05, 0) is 62.2 Å². The normalized spacial score (nSPS) is 20.5. The maximum absolute atomic E-state index is 12.4. The number of hydrogen-bond donors (Lipinski definition) is 1. The third-order valence-electron chi connectivity index (χ3n) is 6.52. The van der Waals surface area contributed by atoms with Gasteiger partial charge in [0.05, 0.1) is 0 Å². The maximum Gasteiger partial charge on any atom is 0.225 e. The number of nitrogens with zero attached hydrogens (tertiary/aromatic N) is 2. The van der Waals surface area contributed by atoms with Gasteiger partial charge in [0, 0.05) is 38.7 Å². The first-order valence-corrected chi connectivity index (χ1v) is 10.4. The van der Waals surface area contributed by atoms with Crippen molar-refractivity contribution in [2.24, 2.45) is 5.41 Å². The van der Waals surface area contributed by atoms with Crippen molar-refractivity contribution in [3.63, 3.8) is 0 Å². The fourth-order valence-electron chi connectivity index (χ4n) is 4.39. The van der Waals surface area contributed by atoms with Gasteiger partial charge in [-0.1, -0.05) is 25.1 Å². The summed E-state index contributed by atoms with van der Waals surface area (Å²) in [6.07, 6.45) is 6.59. The van der Waals surface area contributed by atoms with Crippen LogP contribution in [-0.2, 0) is 16.0 Å². The first-order valence-electron chi connectivity index (χ1n) is 10.4. The molecule has 5 heteroatoms. The molecule has 1 aromatic rings. The average molecular weight is 372 g/mol. The molecule has 2 aliphatic heterocycles. The predicted octanol–water partition coefficient (Wildman–Crippen LogP) is 3.30. The van der Waals surface area contributed by atoms with Crippen LogP contribution < -0.4 is 5.32 Å². The van der Waals surface area contributed by atoms with Gasteiger partial charge in [0.25, 0.3) is 0 Å². The Kier molecular flexibility index (Phi) is 6.53. The quantitative estimate of drug-likeness (QED) is 0.864. The smallest absolute Gasteiger partial charge is 0.225 e. The van der Waals surface area contributed by atoms with Crippen molar-refractivity contribution in [3.8, 4) is 0 Å². The molecule has 0 saturated carbocycles. The number of carbonyl (C=O) groups is 2. The van der Waals surface area contributed by atoms with Crippen molar-refractivity contribution < 1.29 is 9.59 Å². The van der Waals surface area contributed by atoms with Crippen LogP contribution in [0.15, 0.2) is 24.3 Å². The summed E-state index contributed by atoms with van der Waals surface area (Å²) in [6, 6.07) is 8.02. The highest BCUT2D eigenvalue weighted by atomic mass is 16.2. The molecule has 2 saturated heterocycles. The molecule has 1 N–H and O–H groups in total. The lowest BCUT2D eigenvalue weighted by molar-refractivity contribution is -0.129. The molecule has 148 valence electrons. The van der Waals surface area contributed by atoms with Crippen molar-refractivity contribution in [1.82, 2.24) is 9.80 Å². The summed E-state index contributed by atoms with van der Waals surface area (Å²) in [5.74, 6) is 0.385. The number of benzene rings is 1. The highest BCUT2D eigenvalue weighted by molar-refractivity contribution is 5.91. The van der Waals surface area contributed by atoms with Crippen molar-refractivity contribution in [3.05, 3.63) is 29.8 Å². The van der Waals surface area contributed by atoms with Crippen LogP contribution in [0.1, 0.15) is 51.0 Å². The van der Waals surface area contributed by atoms with Gasteiger partial charge in [-0.2, -0.15) is 0 Å². The zero-order valence-electron chi connectivity index (χ0n) is 16.8. The summed E-state index contributed by atoms with van der Waals surface area (Å²) in [4.78, 5) is 28.6. The van der Waals surface area contributed by atoms with E-state index in [1.54, 1.807) is 0 Å².